The van der Waals surface area contributed by atoms with Gasteiger partial charge in [-0.05, 0) is 67.1 Å². The van der Waals surface area contributed by atoms with E-state index in [-0.39, 0.29) is 10.6 Å². The van der Waals surface area contributed by atoms with Crippen molar-refractivity contribution >= 4 is 33.4 Å². The molecule has 0 aliphatic carbocycles. The number of allylic oxidation sites excluding steroid dienone is 1. The second kappa shape index (κ2) is 8.50. The van der Waals surface area contributed by atoms with Crippen LogP contribution >= 0.6 is 11.6 Å². The van der Waals surface area contributed by atoms with Crippen LogP contribution in [0, 0.1) is 12.7 Å². The highest BCUT2D eigenvalue weighted by Crippen LogP contribution is 2.17. The summed E-state index contributed by atoms with van der Waals surface area (Å²) < 4.78 is 42.8. The summed E-state index contributed by atoms with van der Waals surface area (Å²) in [6, 6.07) is 19.0. The van der Waals surface area contributed by atoms with Gasteiger partial charge in [0, 0.05) is 10.6 Å². The third-order valence-electron chi connectivity index (χ3n) is 3.98. The van der Waals surface area contributed by atoms with Crippen molar-refractivity contribution < 1.29 is 12.8 Å². The first kappa shape index (κ1) is 20.0. The Labute approximate surface area is 168 Å². The molecule has 0 aromatic heterocycles. The van der Waals surface area contributed by atoms with Crippen molar-refractivity contribution in [2.45, 2.75) is 11.8 Å². The lowest BCUT2D eigenvalue weighted by Gasteiger charge is -2.05. The van der Waals surface area contributed by atoms with E-state index in [0.29, 0.717) is 10.6 Å². The molecule has 0 spiro atoms. The van der Waals surface area contributed by atoms with Crippen molar-refractivity contribution in [2.75, 3.05) is 0 Å². The summed E-state index contributed by atoms with van der Waals surface area (Å²) in [4.78, 5) is 0.0950. The Morgan fingerprint density at radius 3 is 2.14 bits per heavy atom. The standard InChI is InChI=1S/C22H17ClFNO2S/c1-16-2-13-21(14-3-16)28(26,27)25-22(18-7-11-20(24)12-8-18)15-6-17-4-9-19(23)10-5-17/h2-15H,1H3/b15-6+,25-22?. The second-order valence-electron chi connectivity index (χ2n) is 6.16. The number of nitrogens with zero attached hydrogens (tertiary/aromatic N) is 1. The van der Waals surface area contributed by atoms with Gasteiger partial charge in [-0.3, -0.25) is 0 Å². The van der Waals surface area contributed by atoms with E-state index in [1.54, 1.807) is 48.6 Å². The van der Waals surface area contributed by atoms with E-state index in [4.69, 9.17) is 11.6 Å². The molecule has 0 aliphatic rings. The van der Waals surface area contributed by atoms with E-state index >= 15 is 0 Å². The molecule has 28 heavy (non-hydrogen) atoms. The topological polar surface area (TPSA) is 46.5 Å². The smallest absolute Gasteiger partial charge is 0.207 e. The van der Waals surface area contributed by atoms with E-state index in [1.165, 1.54) is 36.4 Å². The van der Waals surface area contributed by atoms with Gasteiger partial charge in [0.15, 0.2) is 0 Å². The van der Waals surface area contributed by atoms with Crippen LogP contribution in [0.2, 0.25) is 5.02 Å². The van der Waals surface area contributed by atoms with Crippen LogP contribution in [-0.2, 0) is 10.0 Å². The number of aryl methyl sites for hydroxylation is 1. The highest BCUT2D eigenvalue weighted by Gasteiger charge is 2.14. The fourth-order valence-corrected chi connectivity index (χ4v) is 3.58. The van der Waals surface area contributed by atoms with Crippen molar-refractivity contribution in [3.05, 3.63) is 106 Å². The largest absolute Gasteiger partial charge is 0.282 e. The molecule has 0 amide bonds. The quantitative estimate of drug-likeness (QED) is 0.505. The number of hydrogen-bond donors (Lipinski definition) is 0. The summed E-state index contributed by atoms with van der Waals surface area (Å²) in [5.74, 6) is -0.411. The van der Waals surface area contributed by atoms with Gasteiger partial charge in [-0.2, -0.15) is 12.8 Å². The van der Waals surface area contributed by atoms with Crippen LogP contribution in [0.5, 0.6) is 0 Å². The Morgan fingerprint density at radius 2 is 1.54 bits per heavy atom. The van der Waals surface area contributed by atoms with E-state index in [1.807, 2.05) is 6.92 Å². The fraction of sp³-hybridized carbons (Fsp3) is 0.0455. The monoisotopic (exact) mass is 413 g/mol. The van der Waals surface area contributed by atoms with Crippen LogP contribution < -0.4 is 0 Å². The minimum absolute atomic E-state index is 0.0950. The summed E-state index contributed by atoms with van der Waals surface area (Å²) in [5.41, 5.74) is 2.47. The van der Waals surface area contributed by atoms with Gasteiger partial charge in [-0.1, -0.05) is 47.5 Å². The molecule has 3 rings (SSSR count). The Morgan fingerprint density at radius 1 is 0.929 bits per heavy atom. The molecule has 6 heteroatoms. The maximum absolute atomic E-state index is 13.3. The molecule has 0 radical (unpaired) electrons. The zero-order valence-corrected chi connectivity index (χ0v) is 16.6. The number of rotatable bonds is 5. The minimum Gasteiger partial charge on any atom is -0.207 e. The van der Waals surface area contributed by atoms with Crippen molar-refractivity contribution in [3.8, 4) is 0 Å². The summed E-state index contributed by atoms with van der Waals surface area (Å²) in [6.45, 7) is 1.87. The Bertz CT molecular complexity index is 1120. The third-order valence-corrected chi connectivity index (χ3v) is 5.54. The van der Waals surface area contributed by atoms with Crippen LogP contribution in [0.1, 0.15) is 16.7 Å². The van der Waals surface area contributed by atoms with Gasteiger partial charge >= 0.3 is 0 Å². The Kier molecular flexibility index (Phi) is 6.07. The predicted molar refractivity (Wildman–Crippen MR) is 112 cm³/mol. The van der Waals surface area contributed by atoms with Gasteiger partial charge in [-0.25, -0.2) is 4.39 Å². The molecule has 0 saturated heterocycles. The molecule has 0 heterocycles. The van der Waals surface area contributed by atoms with Crippen LogP contribution in [0.25, 0.3) is 6.08 Å². The Hall–Kier alpha value is -2.76. The lowest BCUT2D eigenvalue weighted by atomic mass is 10.1. The summed E-state index contributed by atoms with van der Waals surface area (Å²) >= 11 is 5.89. The van der Waals surface area contributed by atoms with E-state index in [0.717, 1.165) is 11.1 Å². The molecule has 0 saturated carbocycles. The molecule has 3 aromatic carbocycles. The lowest BCUT2D eigenvalue weighted by Crippen LogP contribution is -2.04. The number of halogens is 2. The highest BCUT2D eigenvalue weighted by molar-refractivity contribution is 7.90. The van der Waals surface area contributed by atoms with Crippen molar-refractivity contribution in [1.29, 1.82) is 0 Å². The molecule has 0 unspecified atom stereocenters. The maximum atomic E-state index is 13.3. The Balaban J connectivity index is 2.04. The molecule has 0 bridgehead atoms. The van der Waals surface area contributed by atoms with Crippen LogP contribution in [0.3, 0.4) is 0 Å². The van der Waals surface area contributed by atoms with Gasteiger partial charge in [0.05, 0.1) is 10.6 Å². The van der Waals surface area contributed by atoms with Gasteiger partial charge in [-0.15, -0.1) is 0 Å². The molecular weight excluding hydrogens is 397 g/mol. The number of benzene rings is 3. The summed E-state index contributed by atoms with van der Waals surface area (Å²) in [5, 5.41) is 0.603. The SMILES string of the molecule is Cc1ccc(S(=O)(=O)N=C(/C=C/c2ccc(Cl)cc2)c2ccc(F)cc2)cc1. The molecular formula is C22H17ClFNO2S. The molecule has 0 aliphatic heterocycles. The van der Waals surface area contributed by atoms with Crippen LogP contribution in [-0.4, -0.2) is 14.1 Å². The minimum atomic E-state index is -3.92. The van der Waals surface area contributed by atoms with E-state index in [2.05, 4.69) is 4.40 Å². The molecule has 3 nitrogen and oxygen atoms in total. The second-order valence-corrected chi connectivity index (χ2v) is 8.20. The summed E-state index contributed by atoms with van der Waals surface area (Å²) in [6.07, 6.45) is 3.31. The van der Waals surface area contributed by atoms with Crippen LogP contribution in [0.15, 0.2) is 88.2 Å². The lowest BCUT2D eigenvalue weighted by molar-refractivity contribution is 0.598. The molecule has 0 N–H and O–H groups in total. The molecule has 142 valence electrons. The van der Waals surface area contributed by atoms with Gasteiger partial charge in [0.25, 0.3) is 10.0 Å². The zero-order valence-electron chi connectivity index (χ0n) is 15.0. The molecule has 3 aromatic rings. The van der Waals surface area contributed by atoms with Crippen molar-refractivity contribution in [1.82, 2.24) is 0 Å². The summed E-state index contributed by atoms with van der Waals surface area (Å²) in [7, 11) is -3.92. The first-order valence-electron chi connectivity index (χ1n) is 8.45. The van der Waals surface area contributed by atoms with Crippen molar-refractivity contribution in [3.63, 3.8) is 0 Å². The van der Waals surface area contributed by atoms with Crippen LogP contribution in [0.4, 0.5) is 4.39 Å². The first-order valence-corrected chi connectivity index (χ1v) is 10.3. The van der Waals surface area contributed by atoms with Gasteiger partial charge in [0.2, 0.25) is 0 Å². The molecule has 0 atom stereocenters. The average molecular weight is 414 g/mol. The first-order chi connectivity index (χ1) is 13.3. The average Bonchev–Trinajstić information content (AvgIpc) is 2.67. The number of sulfonamides is 1. The van der Waals surface area contributed by atoms with Gasteiger partial charge < -0.3 is 0 Å². The van der Waals surface area contributed by atoms with E-state index < -0.39 is 15.8 Å². The van der Waals surface area contributed by atoms with Gasteiger partial charge in [0.1, 0.15) is 5.82 Å². The highest BCUT2D eigenvalue weighted by atomic mass is 35.5. The maximum Gasteiger partial charge on any atom is 0.282 e. The normalized spacial score (nSPS) is 12.5. The van der Waals surface area contributed by atoms with Crippen molar-refractivity contribution in [2.24, 2.45) is 4.40 Å². The predicted octanol–water partition coefficient (Wildman–Crippen LogP) is 5.68. The molecule has 0 fully saturated rings. The zero-order chi connectivity index (χ0) is 20.1. The van der Waals surface area contributed by atoms with E-state index in [9.17, 15) is 12.8 Å². The number of hydrogen-bond acceptors (Lipinski definition) is 2. The fourth-order valence-electron chi connectivity index (χ4n) is 2.44. The third kappa shape index (κ3) is 5.15.